The van der Waals surface area contributed by atoms with Crippen molar-refractivity contribution in [1.29, 1.82) is 0 Å². The number of fused-ring (bicyclic) bond motifs is 1. The summed E-state index contributed by atoms with van der Waals surface area (Å²) >= 11 is 5.50. The molecule has 1 saturated carbocycles. The van der Waals surface area contributed by atoms with Gasteiger partial charge in [0.15, 0.2) is 0 Å². The molecule has 2 rings (SSSR count). The molecule has 70 valence electrons. The van der Waals surface area contributed by atoms with Crippen molar-refractivity contribution < 1.29 is 13.2 Å². The fraction of sp³-hybridized carbons (Fsp3) is 1.00. The van der Waals surface area contributed by atoms with Crippen LogP contribution in [0.3, 0.4) is 0 Å². The Morgan fingerprint density at radius 1 is 1.33 bits per heavy atom. The molecule has 0 aromatic carbocycles. The van der Waals surface area contributed by atoms with Gasteiger partial charge in [-0.25, -0.2) is 0 Å². The zero-order valence-corrected chi connectivity index (χ0v) is 7.28. The molecule has 0 bridgehead atoms. The standard InChI is InChI=1S/C7H9ClF3N/c1-12-2-4-5(3-12)6(4,8)7(9,10)11/h4-5H,2-3H2,1H3/t4-,5+,6?. The summed E-state index contributed by atoms with van der Waals surface area (Å²) in [5.74, 6) is -0.742. The van der Waals surface area contributed by atoms with Crippen molar-refractivity contribution in [2.24, 2.45) is 11.8 Å². The van der Waals surface area contributed by atoms with Crippen molar-refractivity contribution in [2.45, 2.75) is 11.1 Å². The molecule has 1 aliphatic heterocycles. The Bertz CT molecular complexity index is 203. The van der Waals surface area contributed by atoms with Crippen LogP contribution in [0.2, 0.25) is 0 Å². The average molecular weight is 200 g/mol. The van der Waals surface area contributed by atoms with Crippen LogP contribution in [0.25, 0.3) is 0 Å². The van der Waals surface area contributed by atoms with E-state index >= 15 is 0 Å². The maximum atomic E-state index is 12.3. The Morgan fingerprint density at radius 2 is 1.75 bits per heavy atom. The van der Waals surface area contributed by atoms with Gasteiger partial charge in [0.25, 0.3) is 0 Å². The molecule has 5 heteroatoms. The van der Waals surface area contributed by atoms with Crippen LogP contribution in [0.1, 0.15) is 0 Å². The molecule has 0 N–H and O–H groups in total. The minimum atomic E-state index is -4.23. The first kappa shape index (κ1) is 8.63. The summed E-state index contributed by atoms with van der Waals surface area (Å²) in [5.41, 5.74) is 0. The fourth-order valence-corrected chi connectivity index (χ4v) is 2.57. The second-order valence-electron chi connectivity index (χ2n) is 3.70. The van der Waals surface area contributed by atoms with E-state index < -0.39 is 11.1 Å². The van der Waals surface area contributed by atoms with Gasteiger partial charge in [-0.2, -0.15) is 13.2 Å². The predicted molar refractivity (Wildman–Crippen MR) is 39.1 cm³/mol. The van der Waals surface area contributed by atoms with Gasteiger partial charge in [-0.05, 0) is 7.05 Å². The van der Waals surface area contributed by atoms with Crippen molar-refractivity contribution in [3.63, 3.8) is 0 Å². The van der Waals surface area contributed by atoms with Gasteiger partial charge in [-0.15, -0.1) is 11.6 Å². The van der Waals surface area contributed by atoms with E-state index in [2.05, 4.69) is 0 Å². The van der Waals surface area contributed by atoms with Crippen LogP contribution in [0.5, 0.6) is 0 Å². The van der Waals surface area contributed by atoms with E-state index in [0.29, 0.717) is 13.1 Å². The Kier molecular flexibility index (Phi) is 1.51. The lowest BCUT2D eigenvalue weighted by atomic mass is 10.2. The first-order valence-electron chi connectivity index (χ1n) is 3.81. The van der Waals surface area contributed by atoms with Crippen molar-refractivity contribution in [1.82, 2.24) is 4.90 Å². The molecule has 12 heavy (non-hydrogen) atoms. The van der Waals surface area contributed by atoms with Gasteiger partial charge in [0.1, 0.15) is 4.87 Å². The summed E-state index contributed by atoms with van der Waals surface area (Å²) in [6.07, 6.45) is -4.23. The Hall–Kier alpha value is 0.0400. The molecule has 1 heterocycles. The Morgan fingerprint density at radius 3 is 2.08 bits per heavy atom. The van der Waals surface area contributed by atoms with Crippen LogP contribution in [0.15, 0.2) is 0 Å². The van der Waals surface area contributed by atoms with Gasteiger partial charge in [0.2, 0.25) is 0 Å². The van der Waals surface area contributed by atoms with E-state index in [4.69, 9.17) is 11.6 Å². The van der Waals surface area contributed by atoms with Gasteiger partial charge in [0.05, 0.1) is 0 Å². The van der Waals surface area contributed by atoms with Gasteiger partial charge >= 0.3 is 6.18 Å². The molecule has 1 saturated heterocycles. The third-order valence-corrected chi connectivity index (χ3v) is 3.68. The smallest absolute Gasteiger partial charge is 0.306 e. The highest BCUT2D eigenvalue weighted by atomic mass is 35.5. The lowest BCUT2D eigenvalue weighted by Crippen LogP contribution is -2.36. The SMILES string of the molecule is CN1C[C@@H]2[C@H](C1)C2(Cl)C(F)(F)F. The molecule has 1 aliphatic carbocycles. The number of hydrogen-bond acceptors (Lipinski definition) is 1. The molecule has 1 unspecified atom stereocenters. The summed E-state index contributed by atoms with van der Waals surface area (Å²) in [5, 5.41) is 0. The highest BCUT2D eigenvalue weighted by molar-refractivity contribution is 6.27. The van der Waals surface area contributed by atoms with Gasteiger partial charge in [0, 0.05) is 24.9 Å². The normalized spacial score (nSPS) is 47.8. The summed E-state index contributed by atoms with van der Waals surface area (Å²) < 4.78 is 37.0. The minimum absolute atomic E-state index is 0.371. The first-order chi connectivity index (χ1) is 5.37. The highest BCUT2D eigenvalue weighted by Gasteiger charge is 2.79. The van der Waals surface area contributed by atoms with E-state index in [1.54, 1.807) is 0 Å². The van der Waals surface area contributed by atoms with Crippen LogP contribution >= 0.6 is 11.6 Å². The highest BCUT2D eigenvalue weighted by Crippen LogP contribution is 2.66. The van der Waals surface area contributed by atoms with E-state index in [0.717, 1.165) is 0 Å². The van der Waals surface area contributed by atoms with Crippen LogP contribution in [-0.2, 0) is 0 Å². The van der Waals surface area contributed by atoms with Gasteiger partial charge < -0.3 is 4.90 Å². The van der Waals surface area contributed by atoms with Crippen molar-refractivity contribution in [3.05, 3.63) is 0 Å². The number of rotatable bonds is 0. The molecule has 0 aromatic rings. The topological polar surface area (TPSA) is 3.24 Å². The van der Waals surface area contributed by atoms with Crippen LogP contribution in [0.4, 0.5) is 13.2 Å². The minimum Gasteiger partial charge on any atom is -0.306 e. The van der Waals surface area contributed by atoms with Crippen molar-refractivity contribution in [2.75, 3.05) is 20.1 Å². The second kappa shape index (κ2) is 2.10. The molecular formula is C7H9ClF3N. The zero-order chi connectivity index (χ0) is 9.15. The molecule has 2 aliphatic rings. The second-order valence-corrected chi connectivity index (χ2v) is 4.33. The van der Waals surface area contributed by atoms with E-state index in [-0.39, 0.29) is 11.8 Å². The fourth-order valence-electron chi connectivity index (χ4n) is 2.19. The number of likely N-dealkylation sites (tertiary alicyclic amines) is 1. The number of piperidine rings is 1. The molecule has 0 amide bonds. The quantitative estimate of drug-likeness (QED) is 0.537. The number of nitrogens with zero attached hydrogens (tertiary/aromatic N) is 1. The van der Waals surface area contributed by atoms with E-state index in [9.17, 15) is 13.2 Å². The maximum Gasteiger partial charge on any atom is 0.408 e. The van der Waals surface area contributed by atoms with Crippen LogP contribution < -0.4 is 0 Å². The lowest BCUT2D eigenvalue weighted by molar-refractivity contribution is -0.146. The van der Waals surface area contributed by atoms with E-state index in [1.807, 2.05) is 11.9 Å². The molecule has 3 atom stereocenters. The lowest BCUT2D eigenvalue weighted by Gasteiger charge is -2.20. The molecular weight excluding hydrogens is 191 g/mol. The number of alkyl halides is 4. The monoisotopic (exact) mass is 199 g/mol. The number of halogens is 4. The largest absolute Gasteiger partial charge is 0.408 e. The summed E-state index contributed by atoms with van der Waals surface area (Å²) in [4.78, 5) is 0.00120. The molecule has 2 fully saturated rings. The Labute approximate surface area is 73.5 Å². The predicted octanol–water partition coefficient (Wildman–Crippen LogP) is 1.72. The molecule has 1 nitrogen and oxygen atoms in total. The maximum absolute atomic E-state index is 12.3. The molecule has 0 radical (unpaired) electrons. The summed E-state index contributed by atoms with van der Waals surface area (Å²) in [6, 6.07) is 0. The van der Waals surface area contributed by atoms with Crippen molar-refractivity contribution in [3.8, 4) is 0 Å². The van der Waals surface area contributed by atoms with E-state index in [1.165, 1.54) is 0 Å². The van der Waals surface area contributed by atoms with Gasteiger partial charge in [-0.1, -0.05) is 0 Å². The average Bonchev–Trinajstić information content (AvgIpc) is 2.39. The molecule has 0 spiro atoms. The zero-order valence-electron chi connectivity index (χ0n) is 6.53. The first-order valence-corrected chi connectivity index (χ1v) is 4.19. The summed E-state index contributed by atoms with van der Waals surface area (Å²) in [6.45, 7) is 0.960. The molecule has 0 aromatic heterocycles. The number of hydrogen-bond donors (Lipinski definition) is 0. The third-order valence-electron chi connectivity index (χ3n) is 2.91. The van der Waals surface area contributed by atoms with Crippen molar-refractivity contribution >= 4 is 11.6 Å². The Balaban J connectivity index is 2.12. The summed E-state index contributed by atoms with van der Waals surface area (Å²) in [7, 11) is 1.82. The van der Waals surface area contributed by atoms with Gasteiger partial charge in [-0.3, -0.25) is 0 Å². The van der Waals surface area contributed by atoms with Crippen LogP contribution in [-0.4, -0.2) is 36.1 Å². The third kappa shape index (κ3) is 0.852. The van der Waals surface area contributed by atoms with Crippen LogP contribution in [0, 0.1) is 11.8 Å².